The second-order valence-corrected chi connectivity index (χ2v) is 5.01. The van der Waals surface area contributed by atoms with Gasteiger partial charge in [0.05, 0.1) is 6.04 Å². The summed E-state index contributed by atoms with van der Waals surface area (Å²) >= 11 is 5.82. The molecule has 0 radical (unpaired) electrons. The van der Waals surface area contributed by atoms with Crippen molar-refractivity contribution in [3.05, 3.63) is 34.9 Å². The molecule has 1 aromatic carbocycles. The van der Waals surface area contributed by atoms with E-state index in [1.807, 2.05) is 12.1 Å². The molecule has 1 saturated heterocycles. The van der Waals surface area contributed by atoms with Gasteiger partial charge in [-0.05, 0) is 37.0 Å². The Balaban J connectivity index is 2.06. The number of carbonyl (C=O) groups excluding carboxylic acids is 2. The summed E-state index contributed by atoms with van der Waals surface area (Å²) in [5, 5.41) is 0.676. The lowest BCUT2D eigenvalue weighted by Crippen LogP contribution is -2.45. The number of piperidine rings is 1. The lowest BCUT2D eigenvalue weighted by Gasteiger charge is -2.31. The molecule has 1 heterocycles. The van der Waals surface area contributed by atoms with Crippen molar-refractivity contribution in [3.63, 3.8) is 0 Å². The number of hydrogen-bond donors (Lipinski definition) is 0. The molecular formula is C14H16ClNO2. The first-order chi connectivity index (χ1) is 8.70. The van der Waals surface area contributed by atoms with Crippen LogP contribution in [0.2, 0.25) is 5.02 Å². The van der Waals surface area contributed by atoms with Crippen molar-refractivity contribution >= 4 is 23.8 Å². The molecule has 0 spiro atoms. The maximum Gasteiger partial charge on any atom is 0.223 e. The van der Waals surface area contributed by atoms with Crippen LogP contribution in [0.1, 0.15) is 24.8 Å². The van der Waals surface area contributed by atoms with E-state index in [0.717, 1.165) is 24.7 Å². The summed E-state index contributed by atoms with van der Waals surface area (Å²) in [4.78, 5) is 24.7. The van der Waals surface area contributed by atoms with Crippen molar-refractivity contribution in [1.82, 2.24) is 4.90 Å². The average Bonchev–Trinajstić information content (AvgIpc) is 2.39. The molecule has 1 aromatic rings. The van der Waals surface area contributed by atoms with Crippen molar-refractivity contribution in [2.75, 3.05) is 6.54 Å². The van der Waals surface area contributed by atoms with Crippen LogP contribution in [-0.4, -0.2) is 29.7 Å². The Morgan fingerprint density at radius 2 is 2.00 bits per heavy atom. The van der Waals surface area contributed by atoms with E-state index in [-0.39, 0.29) is 11.9 Å². The normalized spacial score (nSPS) is 17.6. The molecule has 96 valence electrons. The first kappa shape index (κ1) is 13.1. The van der Waals surface area contributed by atoms with E-state index in [1.54, 1.807) is 17.0 Å². The minimum atomic E-state index is -0.348. The van der Waals surface area contributed by atoms with Crippen molar-refractivity contribution < 1.29 is 9.59 Å². The van der Waals surface area contributed by atoms with Crippen LogP contribution in [0.15, 0.2) is 24.3 Å². The topological polar surface area (TPSA) is 37.4 Å². The van der Waals surface area contributed by atoms with Gasteiger partial charge >= 0.3 is 0 Å². The van der Waals surface area contributed by atoms with Gasteiger partial charge in [0.15, 0.2) is 0 Å². The summed E-state index contributed by atoms with van der Waals surface area (Å²) in [5.41, 5.74) is 1.02. The first-order valence-electron chi connectivity index (χ1n) is 6.20. The highest BCUT2D eigenvalue weighted by atomic mass is 35.5. The van der Waals surface area contributed by atoms with E-state index in [1.165, 1.54) is 0 Å². The number of nitrogens with zero attached hydrogens (tertiary/aromatic N) is 1. The third kappa shape index (κ3) is 3.10. The molecule has 1 fully saturated rings. The third-order valence-electron chi connectivity index (χ3n) is 3.28. The number of aldehydes is 1. The fraction of sp³-hybridized carbons (Fsp3) is 0.429. The van der Waals surface area contributed by atoms with Crippen molar-refractivity contribution in [1.29, 1.82) is 0 Å². The van der Waals surface area contributed by atoms with Crippen molar-refractivity contribution in [2.45, 2.75) is 31.7 Å². The molecular weight excluding hydrogens is 250 g/mol. The van der Waals surface area contributed by atoms with Crippen LogP contribution < -0.4 is 0 Å². The lowest BCUT2D eigenvalue weighted by atomic mass is 10.0. The third-order valence-corrected chi connectivity index (χ3v) is 3.53. The number of hydrogen-bond acceptors (Lipinski definition) is 2. The molecule has 3 nitrogen and oxygen atoms in total. The molecule has 0 aromatic heterocycles. The highest BCUT2D eigenvalue weighted by molar-refractivity contribution is 6.30. The maximum absolute atomic E-state index is 11.8. The number of likely N-dealkylation sites (tertiary alicyclic amines) is 1. The summed E-state index contributed by atoms with van der Waals surface area (Å²) in [6, 6.07) is 7.05. The van der Waals surface area contributed by atoms with E-state index in [2.05, 4.69) is 0 Å². The van der Waals surface area contributed by atoms with Gasteiger partial charge in [-0.3, -0.25) is 4.79 Å². The van der Waals surface area contributed by atoms with E-state index in [0.29, 0.717) is 24.4 Å². The predicted molar refractivity (Wildman–Crippen MR) is 70.6 cm³/mol. The quantitative estimate of drug-likeness (QED) is 0.785. The number of rotatable bonds is 4. The van der Waals surface area contributed by atoms with Crippen LogP contribution >= 0.6 is 11.6 Å². The minimum absolute atomic E-state index is 0.0901. The molecule has 1 atom stereocenters. The summed E-state index contributed by atoms with van der Waals surface area (Å²) in [7, 11) is 0. The van der Waals surface area contributed by atoms with Gasteiger partial charge in [0.25, 0.3) is 0 Å². The fourth-order valence-electron chi connectivity index (χ4n) is 2.27. The molecule has 0 aliphatic carbocycles. The van der Waals surface area contributed by atoms with Crippen LogP contribution in [0.4, 0.5) is 0 Å². The summed E-state index contributed by atoms with van der Waals surface area (Å²) in [5.74, 6) is 0.0901. The molecule has 0 N–H and O–H groups in total. The van der Waals surface area contributed by atoms with Crippen LogP contribution in [0, 0.1) is 0 Å². The van der Waals surface area contributed by atoms with Crippen molar-refractivity contribution in [2.24, 2.45) is 0 Å². The Morgan fingerprint density at radius 3 is 2.61 bits per heavy atom. The second-order valence-electron chi connectivity index (χ2n) is 4.58. The Hall–Kier alpha value is -1.35. The molecule has 1 aliphatic rings. The molecule has 18 heavy (non-hydrogen) atoms. The smallest absolute Gasteiger partial charge is 0.223 e. The average molecular weight is 266 g/mol. The number of amides is 1. The number of carbonyl (C=O) groups is 2. The summed E-state index contributed by atoms with van der Waals surface area (Å²) in [6.07, 6.45) is 3.91. The van der Waals surface area contributed by atoms with E-state index in [9.17, 15) is 9.59 Å². The van der Waals surface area contributed by atoms with Gasteiger partial charge in [0.1, 0.15) is 6.29 Å². The zero-order chi connectivity index (χ0) is 13.0. The van der Waals surface area contributed by atoms with Gasteiger partial charge in [0, 0.05) is 18.0 Å². The van der Waals surface area contributed by atoms with Crippen LogP contribution in [0.3, 0.4) is 0 Å². The first-order valence-corrected chi connectivity index (χ1v) is 6.57. The van der Waals surface area contributed by atoms with Gasteiger partial charge < -0.3 is 9.69 Å². The van der Waals surface area contributed by atoms with Gasteiger partial charge in [-0.1, -0.05) is 23.7 Å². The van der Waals surface area contributed by atoms with Gasteiger partial charge in [-0.15, -0.1) is 0 Å². The maximum atomic E-state index is 11.8. The lowest BCUT2D eigenvalue weighted by molar-refractivity contribution is -0.138. The van der Waals surface area contributed by atoms with Crippen LogP contribution in [0.5, 0.6) is 0 Å². The molecule has 1 aliphatic heterocycles. The molecule has 1 amide bonds. The van der Waals surface area contributed by atoms with E-state index < -0.39 is 0 Å². The Morgan fingerprint density at radius 1 is 1.28 bits per heavy atom. The van der Waals surface area contributed by atoms with Gasteiger partial charge in [0.2, 0.25) is 5.91 Å². The van der Waals surface area contributed by atoms with Crippen molar-refractivity contribution in [3.8, 4) is 0 Å². The largest absolute Gasteiger partial charge is 0.333 e. The molecule has 0 bridgehead atoms. The zero-order valence-corrected chi connectivity index (χ0v) is 10.9. The van der Waals surface area contributed by atoms with Crippen LogP contribution in [-0.2, 0) is 16.0 Å². The molecule has 0 saturated carbocycles. The summed E-state index contributed by atoms with van der Waals surface area (Å²) < 4.78 is 0. The molecule has 4 heteroatoms. The zero-order valence-electron chi connectivity index (χ0n) is 10.1. The van der Waals surface area contributed by atoms with E-state index in [4.69, 9.17) is 11.6 Å². The standard InChI is InChI=1S/C14H16ClNO2/c15-12-6-4-11(5-7-12)9-13(10-17)16-8-2-1-3-14(16)18/h4-7,10,13H,1-3,8-9H2/t13-/m1/s1. The predicted octanol–water partition coefficient (Wildman–Crippen LogP) is 2.46. The van der Waals surface area contributed by atoms with Crippen LogP contribution in [0.25, 0.3) is 0 Å². The van der Waals surface area contributed by atoms with Gasteiger partial charge in [-0.25, -0.2) is 0 Å². The Kier molecular flexibility index (Phi) is 4.37. The number of benzene rings is 1. The number of halogens is 1. The SMILES string of the molecule is O=C[C@@H](Cc1ccc(Cl)cc1)N1CCCCC1=O. The van der Waals surface area contributed by atoms with E-state index >= 15 is 0 Å². The monoisotopic (exact) mass is 265 g/mol. The second kappa shape index (κ2) is 6.01. The fourth-order valence-corrected chi connectivity index (χ4v) is 2.40. The molecule has 0 unspecified atom stereocenters. The Bertz CT molecular complexity index is 430. The molecule has 2 rings (SSSR count). The highest BCUT2D eigenvalue weighted by Crippen LogP contribution is 2.17. The Labute approximate surface area is 112 Å². The minimum Gasteiger partial charge on any atom is -0.333 e. The highest BCUT2D eigenvalue weighted by Gasteiger charge is 2.25. The van der Waals surface area contributed by atoms with Gasteiger partial charge in [-0.2, -0.15) is 0 Å². The summed E-state index contributed by atoms with van der Waals surface area (Å²) in [6.45, 7) is 0.690.